The lowest BCUT2D eigenvalue weighted by molar-refractivity contribution is -0.133. The lowest BCUT2D eigenvalue weighted by atomic mass is 10.5. The number of alkyl halides is 18. The molecule has 0 fully saturated rings. The van der Waals surface area contributed by atoms with Crippen molar-refractivity contribution in [1.29, 1.82) is 0 Å². The summed E-state index contributed by atoms with van der Waals surface area (Å²) in [5.74, 6) is 0. The van der Waals surface area contributed by atoms with Gasteiger partial charge in [0.2, 0.25) is 0 Å². The van der Waals surface area contributed by atoms with Crippen LogP contribution < -0.4 is 0 Å². The summed E-state index contributed by atoms with van der Waals surface area (Å²) in [5.41, 5.74) is 0. The standard InChI is InChI=1S/C29H58F18O10Si8/c1-48-65(49-2,50-3)57-64(11,23-17-29(45,46)47)56-63(10,22-16-28(42,43)44)55-62(9,21-15-27(39,40)41)54-61(8,20-14-26(36,37)38)53-60(7,19-13-25(33,34)35)52-59(6,51-58(4)5)18-12-24(30,31)32/h58H,12-23H2,1-11H3. The van der Waals surface area contributed by atoms with Gasteiger partial charge < -0.3 is 42.1 Å². The highest BCUT2D eigenvalue weighted by atomic mass is 28.5. The monoisotopic (exact) mass is 1130 g/mol. The van der Waals surface area contributed by atoms with Crippen LogP contribution in [0, 0.1) is 0 Å². The Hall–Kier alpha value is 0.0751. The highest BCUT2D eigenvalue weighted by molar-refractivity contribution is 6.92. The Bertz CT molecular complexity index is 1420. The summed E-state index contributed by atoms with van der Waals surface area (Å²) in [6.07, 6.45) is -40.9. The van der Waals surface area contributed by atoms with Crippen molar-refractivity contribution in [3.05, 3.63) is 0 Å². The summed E-state index contributed by atoms with van der Waals surface area (Å²) in [6.45, 7) is 8.17. The largest absolute Gasteiger partial charge is 0.669 e. The van der Waals surface area contributed by atoms with Crippen LogP contribution in [0.15, 0.2) is 0 Å². The van der Waals surface area contributed by atoms with Gasteiger partial charge in [-0.05, 0) is 88.6 Å². The highest BCUT2D eigenvalue weighted by Gasteiger charge is 2.59. The molecule has 0 saturated heterocycles. The Morgan fingerprint density at radius 2 is 0.477 bits per heavy atom. The minimum absolute atomic E-state index is 0.766. The number of rotatable bonds is 29. The first kappa shape index (κ1) is 65.1. The van der Waals surface area contributed by atoms with E-state index in [0.29, 0.717) is 0 Å². The molecule has 6 atom stereocenters. The lowest BCUT2D eigenvalue weighted by Crippen LogP contribution is -2.65. The van der Waals surface area contributed by atoms with Crippen molar-refractivity contribution in [3.63, 3.8) is 0 Å². The Kier molecular flexibility index (Phi) is 24.0. The van der Waals surface area contributed by atoms with Crippen molar-refractivity contribution >= 4 is 69.5 Å². The maximum Gasteiger partial charge on any atom is 0.669 e. The molecule has 65 heavy (non-hydrogen) atoms. The average Bonchev–Trinajstić information content (AvgIpc) is 3.07. The number of halogens is 18. The SMILES string of the molecule is CO[Si](OC)(OC)O[Si](C)(CCC(F)(F)F)O[Si](C)(CCC(F)(F)F)O[Si](C)(CCC(F)(F)F)O[Si](C)(CCC(F)(F)F)O[Si](C)(CCC(F)(F)F)O[Si](C)(CCC(F)(F)F)O[SiH](C)C. The quantitative estimate of drug-likeness (QED) is 0.0533. The molecular formula is C29H58F18O10Si8. The predicted molar refractivity (Wildman–Crippen MR) is 216 cm³/mol. The van der Waals surface area contributed by atoms with Gasteiger partial charge in [-0.1, -0.05) is 0 Å². The van der Waals surface area contributed by atoms with Crippen molar-refractivity contribution in [2.45, 2.75) is 164 Å². The smallest absolute Gasteiger partial charge is 0.439 e. The van der Waals surface area contributed by atoms with Crippen molar-refractivity contribution < 1.29 is 121 Å². The third-order valence-corrected chi connectivity index (χ3v) is 41.2. The van der Waals surface area contributed by atoms with Crippen LogP contribution in [0.5, 0.6) is 0 Å². The summed E-state index contributed by atoms with van der Waals surface area (Å²) >= 11 is 0. The van der Waals surface area contributed by atoms with Gasteiger partial charge in [-0.25, -0.2) is 0 Å². The molecule has 0 amide bonds. The van der Waals surface area contributed by atoms with Crippen molar-refractivity contribution in [1.82, 2.24) is 0 Å². The van der Waals surface area contributed by atoms with E-state index in [1.165, 1.54) is 13.1 Å². The van der Waals surface area contributed by atoms with E-state index in [1.54, 1.807) is 0 Å². The van der Waals surface area contributed by atoms with E-state index < -0.39 is 181 Å². The van der Waals surface area contributed by atoms with E-state index >= 15 is 0 Å². The Balaban J connectivity index is 8.10. The third kappa shape index (κ3) is 29.1. The highest BCUT2D eigenvalue weighted by Crippen LogP contribution is 2.42. The third-order valence-electron chi connectivity index (χ3n) is 8.91. The Morgan fingerprint density at radius 1 is 0.308 bits per heavy atom. The van der Waals surface area contributed by atoms with Crippen molar-refractivity contribution in [2.75, 3.05) is 21.3 Å². The van der Waals surface area contributed by atoms with Crippen LogP contribution >= 0.6 is 0 Å². The predicted octanol–water partition coefficient (Wildman–Crippen LogP) is 12.6. The van der Waals surface area contributed by atoms with Crippen LogP contribution in [0.2, 0.25) is 88.6 Å². The first-order valence-corrected chi connectivity index (χ1v) is 39.1. The molecule has 0 N–H and O–H groups in total. The zero-order chi connectivity index (χ0) is 51.6. The van der Waals surface area contributed by atoms with Crippen LogP contribution in [0.3, 0.4) is 0 Å². The van der Waals surface area contributed by atoms with Gasteiger partial charge in [0, 0.05) is 59.9 Å². The molecule has 0 spiro atoms. The van der Waals surface area contributed by atoms with E-state index in [4.69, 9.17) is 42.1 Å². The second-order valence-corrected chi connectivity index (χ2v) is 43.2. The Labute approximate surface area is 375 Å². The van der Waals surface area contributed by atoms with Gasteiger partial charge >= 0.3 is 97.5 Å². The number of hydrogen-bond donors (Lipinski definition) is 0. The van der Waals surface area contributed by atoms with Crippen molar-refractivity contribution in [2.24, 2.45) is 0 Å². The second-order valence-electron chi connectivity index (χ2n) is 16.4. The van der Waals surface area contributed by atoms with Crippen LogP contribution in [0.25, 0.3) is 0 Å². The molecule has 0 aromatic heterocycles. The molecule has 392 valence electrons. The zero-order valence-corrected chi connectivity index (χ0v) is 45.6. The molecule has 10 nitrogen and oxygen atoms in total. The molecule has 0 aliphatic heterocycles. The van der Waals surface area contributed by atoms with E-state index in [9.17, 15) is 79.0 Å². The summed E-state index contributed by atoms with van der Waals surface area (Å²) in [4.78, 5) is 0. The summed E-state index contributed by atoms with van der Waals surface area (Å²) in [6, 6.07) is -7.26. The van der Waals surface area contributed by atoms with E-state index in [1.807, 2.05) is 0 Å². The van der Waals surface area contributed by atoms with Gasteiger partial charge in [0.15, 0.2) is 9.04 Å². The fourth-order valence-electron chi connectivity index (χ4n) is 6.38. The average molecular weight is 1130 g/mol. The van der Waals surface area contributed by atoms with Gasteiger partial charge in [0.25, 0.3) is 0 Å². The molecular weight excluding hydrogens is 1070 g/mol. The fraction of sp³-hybridized carbons (Fsp3) is 1.00. The molecule has 0 aliphatic carbocycles. The topological polar surface area (TPSA) is 92.3 Å². The van der Waals surface area contributed by atoms with Gasteiger partial charge in [0.05, 0.1) is 0 Å². The van der Waals surface area contributed by atoms with Crippen LogP contribution in [0.4, 0.5) is 79.0 Å². The lowest BCUT2D eigenvalue weighted by Gasteiger charge is -2.47. The number of hydrogen-bond acceptors (Lipinski definition) is 10. The Morgan fingerprint density at radius 3 is 0.646 bits per heavy atom. The van der Waals surface area contributed by atoms with Gasteiger partial charge in [0.1, 0.15) is 0 Å². The fourth-order valence-corrected chi connectivity index (χ4v) is 45.0. The summed E-state index contributed by atoms with van der Waals surface area (Å²) in [5, 5.41) is 0. The van der Waals surface area contributed by atoms with Gasteiger partial charge in [-0.2, -0.15) is 79.0 Å². The molecule has 0 radical (unpaired) electrons. The summed E-state index contributed by atoms with van der Waals surface area (Å²) < 4.78 is 306. The van der Waals surface area contributed by atoms with Gasteiger partial charge in [-0.15, -0.1) is 0 Å². The summed E-state index contributed by atoms with van der Waals surface area (Å²) in [7, 11) is -33.5. The second kappa shape index (κ2) is 24.0. The van der Waals surface area contributed by atoms with Crippen LogP contribution in [0.1, 0.15) is 38.5 Å². The molecule has 0 rings (SSSR count). The maximum atomic E-state index is 14.0. The van der Waals surface area contributed by atoms with E-state index in [2.05, 4.69) is 0 Å². The molecule has 0 heterocycles. The minimum Gasteiger partial charge on any atom is -0.439 e. The normalized spacial score (nSPS) is 19.8. The zero-order valence-electron chi connectivity index (χ0n) is 37.4. The molecule has 0 aliphatic rings. The first-order valence-electron chi connectivity index (χ1n) is 19.5. The molecule has 0 saturated carbocycles. The van der Waals surface area contributed by atoms with Gasteiger partial charge in [-0.3, -0.25) is 0 Å². The minimum atomic E-state index is -5.19. The molecule has 36 heteroatoms. The maximum absolute atomic E-state index is 14.0. The molecule has 6 unspecified atom stereocenters. The molecule has 0 bridgehead atoms. The van der Waals surface area contributed by atoms with Crippen LogP contribution in [-0.2, 0) is 42.1 Å². The molecule has 0 aromatic carbocycles. The molecule has 0 aromatic rings. The van der Waals surface area contributed by atoms with E-state index in [-0.39, 0.29) is 0 Å². The van der Waals surface area contributed by atoms with Crippen LogP contribution in [-0.4, -0.2) is 128 Å². The first-order chi connectivity index (χ1) is 28.6. The van der Waals surface area contributed by atoms with Crippen molar-refractivity contribution in [3.8, 4) is 0 Å². The van der Waals surface area contributed by atoms with E-state index in [0.717, 1.165) is 60.6 Å².